The molecule has 0 aromatic carbocycles. The molecule has 3 aliphatic rings. The average Bonchev–Trinajstić information content (AvgIpc) is 3.09. The normalized spacial score (nSPS) is 42.6. The Hall–Kier alpha value is -0.690. The molecule has 0 radical (unpaired) electrons. The summed E-state index contributed by atoms with van der Waals surface area (Å²) in [5.74, 6) is 0.480. The van der Waals surface area contributed by atoms with Crippen molar-refractivity contribution >= 4 is 5.97 Å². The Balaban J connectivity index is 1.70. The molecule has 3 fully saturated rings. The summed E-state index contributed by atoms with van der Waals surface area (Å²) in [7, 11) is 0. The van der Waals surface area contributed by atoms with Gasteiger partial charge in [-0.15, -0.1) is 0 Å². The molecule has 7 atom stereocenters. The molecule has 0 unspecified atom stereocenters. The van der Waals surface area contributed by atoms with Crippen LogP contribution in [0, 0.1) is 17.8 Å². The summed E-state index contributed by atoms with van der Waals surface area (Å²) in [6.07, 6.45) is 0.755. The van der Waals surface area contributed by atoms with Crippen LogP contribution >= 0.6 is 0 Å². The van der Waals surface area contributed by atoms with E-state index < -0.39 is 0 Å². The fraction of sp³-hybridized carbons (Fsp3) is 0.938. The van der Waals surface area contributed by atoms with Crippen LogP contribution in [0.1, 0.15) is 33.6 Å². The summed E-state index contributed by atoms with van der Waals surface area (Å²) in [6, 6.07) is 0. The molecule has 22 heavy (non-hydrogen) atoms. The first-order chi connectivity index (χ1) is 10.7. The Morgan fingerprint density at radius 3 is 2.50 bits per heavy atom. The zero-order valence-corrected chi connectivity index (χ0v) is 13.5. The van der Waals surface area contributed by atoms with Crippen LogP contribution in [0.3, 0.4) is 0 Å². The number of hydrogen-bond acceptors (Lipinski definition) is 6. The largest absolute Gasteiger partial charge is 0.466 e. The summed E-state index contributed by atoms with van der Waals surface area (Å²) in [4.78, 5) is 11.9. The molecule has 1 aliphatic carbocycles. The Labute approximate surface area is 131 Å². The minimum absolute atomic E-state index is 0.0117. The highest BCUT2D eigenvalue weighted by atomic mass is 16.7. The fourth-order valence-corrected chi connectivity index (χ4v) is 4.27. The van der Waals surface area contributed by atoms with Gasteiger partial charge in [0, 0.05) is 37.4 Å². The van der Waals surface area contributed by atoms with Crippen molar-refractivity contribution in [2.75, 3.05) is 19.8 Å². The summed E-state index contributed by atoms with van der Waals surface area (Å²) < 4.78 is 28.5. The van der Waals surface area contributed by atoms with E-state index >= 15 is 0 Å². The van der Waals surface area contributed by atoms with Crippen LogP contribution in [0.25, 0.3) is 0 Å². The van der Waals surface area contributed by atoms with Crippen LogP contribution in [0.2, 0.25) is 0 Å². The smallest absolute Gasteiger partial charge is 0.306 e. The van der Waals surface area contributed by atoms with Gasteiger partial charge < -0.3 is 23.7 Å². The molecule has 2 saturated heterocycles. The van der Waals surface area contributed by atoms with E-state index in [4.69, 9.17) is 23.7 Å². The monoisotopic (exact) mass is 314 g/mol. The van der Waals surface area contributed by atoms with Crippen molar-refractivity contribution in [3.8, 4) is 0 Å². The molecule has 2 aliphatic heterocycles. The van der Waals surface area contributed by atoms with Gasteiger partial charge in [0.25, 0.3) is 0 Å². The highest BCUT2D eigenvalue weighted by Crippen LogP contribution is 2.56. The molecule has 6 nitrogen and oxygen atoms in total. The number of carbonyl (C=O) groups excluding carboxylic acids is 1. The lowest BCUT2D eigenvalue weighted by Gasteiger charge is -2.29. The van der Waals surface area contributed by atoms with Crippen molar-refractivity contribution in [1.82, 2.24) is 0 Å². The first-order valence-electron chi connectivity index (χ1n) is 8.39. The number of esters is 1. The fourth-order valence-electron chi connectivity index (χ4n) is 4.27. The maximum absolute atomic E-state index is 11.9. The van der Waals surface area contributed by atoms with Crippen LogP contribution in [0.4, 0.5) is 0 Å². The van der Waals surface area contributed by atoms with Gasteiger partial charge in [-0.25, -0.2) is 0 Å². The third-order valence-corrected chi connectivity index (χ3v) is 4.93. The second kappa shape index (κ2) is 6.83. The molecule has 0 aromatic heterocycles. The number of rotatable bonds is 7. The molecular weight excluding hydrogens is 288 g/mol. The summed E-state index contributed by atoms with van der Waals surface area (Å²) in [5, 5.41) is 0. The number of hydrogen-bond donors (Lipinski definition) is 0. The predicted octanol–water partition coefficient (Wildman–Crippen LogP) is 1.71. The Kier molecular flexibility index (Phi) is 5.02. The van der Waals surface area contributed by atoms with E-state index in [0.29, 0.717) is 32.2 Å². The lowest BCUT2D eigenvalue weighted by molar-refractivity contribution is -0.216. The van der Waals surface area contributed by atoms with Crippen LogP contribution in [0.15, 0.2) is 0 Å². The summed E-state index contributed by atoms with van der Waals surface area (Å²) >= 11 is 0. The van der Waals surface area contributed by atoms with Crippen molar-refractivity contribution < 1.29 is 28.5 Å². The molecule has 0 aromatic rings. The van der Waals surface area contributed by atoms with E-state index in [1.807, 2.05) is 20.8 Å². The van der Waals surface area contributed by atoms with Crippen LogP contribution < -0.4 is 0 Å². The van der Waals surface area contributed by atoms with Crippen LogP contribution in [0.5, 0.6) is 0 Å². The first kappa shape index (κ1) is 16.2. The van der Waals surface area contributed by atoms with Crippen LogP contribution in [-0.4, -0.2) is 50.6 Å². The lowest BCUT2D eigenvalue weighted by atomic mass is 9.86. The number of ether oxygens (including phenoxy) is 5. The van der Waals surface area contributed by atoms with Gasteiger partial charge in [0.2, 0.25) is 0 Å². The zero-order chi connectivity index (χ0) is 15.7. The second-order valence-corrected chi connectivity index (χ2v) is 6.06. The highest BCUT2D eigenvalue weighted by Gasteiger charge is 2.64. The van der Waals surface area contributed by atoms with Gasteiger partial charge in [-0.2, -0.15) is 0 Å². The molecule has 1 saturated carbocycles. The third-order valence-electron chi connectivity index (χ3n) is 4.93. The second-order valence-electron chi connectivity index (χ2n) is 6.06. The molecule has 2 bridgehead atoms. The Morgan fingerprint density at radius 2 is 1.82 bits per heavy atom. The minimum atomic E-state index is -0.236. The lowest BCUT2D eigenvalue weighted by Crippen LogP contribution is -2.38. The summed E-state index contributed by atoms with van der Waals surface area (Å²) in [6.45, 7) is 7.41. The molecule has 6 heteroatoms. The van der Waals surface area contributed by atoms with E-state index in [9.17, 15) is 4.79 Å². The maximum Gasteiger partial charge on any atom is 0.306 e. The predicted molar refractivity (Wildman–Crippen MR) is 76.9 cm³/mol. The van der Waals surface area contributed by atoms with Crippen molar-refractivity contribution in [3.05, 3.63) is 0 Å². The van der Waals surface area contributed by atoms with Gasteiger partial charge in [-0.3, -0.25) is 4.79 Å². The molecule has 2 heterocycles. The van der Waals surface area contributed by atoms with E-state index in [1.54, 1.807) is 0 Å². The van der Waals surface area contributed by atoms with E-state index in [2.05, 4.69) is 0 Å². The molecular formula is C16H26O6. The summed E-state index contributed by atoms with van der Waals surface area (Å²) in [5.41, 5.74) is 0. The van der Waals surface area contributed by atoms with Gasteiger partial charge in [-0.1, -0.05) is 0 Å². The quantitative estimate of drug-likeness (QED) is 0.667. The first-order valence-corrected chi connectivity index (χ1v) is 8.39. The topological polar surface area (TPSA) is 63.2 Å². The van der Waals surface area contributed by atoms with E-state index in [0.717, 1.165) is 6.42 Å². The van der Waals surface area contributed by atoms with Gasteiger partial charge in [0.05, 0.1) is 25.2 Å². The molecule has 3 rings (SSSR count). The van der Waals surface area contributed by atoms with Gasteiger partial charge in [0.15, 0.2) is 12.6 Å². The van der Waals surface area contributed by atoms with Gasteiger partial charge in [-0.05, 0) is 20.8 Å². The molecule has 0 N–H and O–H groups in total. The zero-order valence-electron chi connectivity index (χ0n) is 13.5. The number of fused-ring (bicyclic) bond motifs is 5. The SMILES string of the molecule is CCOC(=O)C[C@@H]1[C@H]2O[C@H](OCC)[C@@H]1[C@@H]1C[C@@H](OCC)O[C@@H]12. The van der Waals surface area contributed by atoms with Gasteiger partial charge >= 0.3 is 5.97 Å². The van der Waals surface area contributed by atoms with E-state index in [-0.39, 0.29) is 42.6 Å². The molecule has 0 spiro atoms. The molecule has 0 amide bonds. The minimum Gasteiger partial charge on any atom is -0.466 e. The van der Waals surface area contributed by atoms with Crippen molar-refractivity contribution in [2.24, 2.45) is 17.8 Å². The third kappa shape index (κ3) is 2.77. The standard InChI is InChI=1S/C16H26O6/c1-4-18-11(17)7-9-13-10-8-12(19-5-2)21-14(10)15(9)22-16(13)20-6-3/h9-10,12-16H,4-8H2,1-3H3/t9-,10-,12-,13-,14-,15+,16-/m0/s1. The average molecular weight is 314 g/mol. The highest BCUT2D eigenvalue weighted by molar-refractivity contribution is 5.70. The maximum atomic E-state index is 11.9. The van der Waals surface area contributed by atoms with E-state index in [1.165, 1.54) is 0 Å². The van der Waals surface area contributed by atoms with Crippen molar-refractivity contribution in [2.45, 2.75) is 58.4 Å². The Bertz CT molecular complexity index is 400. The van der Waals surface area contributed by atoms with Crippen molar-refractivity contribution in [1.29, 1.82) is 0 Å². The number of carbonyl (C=O) groups is 1. The Morgan fingerprint density at radius 1 is 1.05 bits per heavy atom. The van der Waals surface area contributed by atoms with Gasteiger partial charge in [0.1, 0.15) is 0 Å². The van der Waals surface area contributed by atoms with Crippen LogP contribution in [-0.2, 0) is 28.5 Å². The van der Waals surface area contributed by atoms with Crippen molar-refractivity contribution in [3.63, 3.8) is 0 Å². The molecule has 126 valence electrons.